The standard InChI is InChI=1S/C13H20ClNO2/c1-13(2,15(3)4)12(16)9-6-7-10(14)11(8-9)17-5/h6-8,12,16H,1-5H3. The maximum atomic E-state index is 10.4. The van der Waals surface area contributed by atoms with E-state index >= 15 is 0 Å². The highest BCUT2D eigenvalue weighted by Crippen LogP contribution is 2.33. The average Bonchev–Trinajstić information content (AvgIpc) is 2.28. The maximum absolute atomic E-state index is 10.4. The van der Waals surface area contributed by atoms with Crippen molar-refractivity contribution in [3.05, 3.63) is 28.8 Å². The quantitative estimate of drug-likeness (QED) is 0.900. The highest BCUT2D eigenvalue weighted by atomic mass is 35.5. The van der Waals surface area contributed by atoms with E-state index in [1.54, 1.807) is 19.2 Å². The molecule has 0 aromatic heterocycles. The van der Waals surface area contributed by atoms with Crippen LogP contribution in [-0.2, 0) is 0 Å². The predicted octanol–water partition coefficient (Wildman–Crippen LogP) is 2.72. The van der Waals surface area contributed by atoms with Gasteiger partial charge in [-0.2, -0.15) is 0 Å². The molecule has 4 heteroatoms. The van der Waals surface area contributed by atoms with E-state index in [1.165, 1.54) is 0 Å². The highest BCUT2D eigenvalue weighted by Gasteiger charge is 2.31. The van der Waals surface area contributed by atoms with Gasteiger partial charge in [0, 0.05) is 5.54 Å². The Kier molecular flexibility index (Phi) is 4.42. The fourth-order valence-electron chi connectivity index (χ4n) is 1.50. The van der Waals surface area contributed by atoms with Crippen LogP contribution >= 0.6 is 11.6 Å². The monoisotopic (exact) mass is 257 g/mol. The third kappa shape index (κ3) is 2.92. The van der Waals surface area contributed by atoms with Gasteiger partial charge >= 0.3 is 0 Å². The molecule has 1 aromatic carbocycles. The first-order valence-electron chi connectivity index (χ1n) is 5.49. The van der Waals surface area contributed by atoms with Crippen LogP contribution in [0.1, 0.15) is 25.5 Å². The molecule has 1 unspecified atom stereocenters. The molecule has 0 fully saturated rings. The minimum atomic E-state index is -0.608. The van der Waals surface area contributed by atoms with Crippen LogP contribution < -0.4 is 4.74 Å². The molecule has 0 saturated carbocycles. The van der Waals surface area contributed by atoms with Crippen LogP contribution in [0, 0.1) is 0 Å². The van der Waals surface area contributed by atoms with Crippen LogP contribution in [0.5, 0.6) is 5.75 Å². The highest BCUT2D eigenvalue weighted by molar-refractivity contribution is 6.32. The van der Waals surface area contributed by atoms with E-state index in [4.69, 9.17) is 16.3 Å². The van der Waals surface area contributed by atoms with Gasteiger partial charge in [-0.1, -0.05) is 17.7 Å². The molecule has 0 heterocycles. The molecule has 0 aliphatic rings. The summed E-state index contributed by atoms with van der Waals surface area (Å²) in [4.78, 5) is 1.98. The number of aliphatic hydroxyl groups is 1. The zero-order chi connectivity index (χ0) is 13.2. The van der Waals surface area contributed by atoms with Crippen LogP contribution in [0.2, 0.25) is 5.02 Å². The molecule has 1 N–H and O–H groups in total. The fraction of sp³-hybridized carbons (Fsp3) is 0.538. The normalized spacial score (nSPS) is 13.9. The van der Waals surface area contributed by atoms with Gasteiger partial charge in [0.25, 0.3) is 0 Å². The van der Waals surface area contributed by atoms with Crippen molar-refractivity contribution < 1.29 is 9.84 Å². The minimum absolute atomic E-state index is 0.362. The molecule has 1 rings (SSSR count). The molecule has 1 atom stereocenters. The van der Waals surface area contributed by atoms with E-state index in [9.17, 15) is 5.11 Å². The van der Waals surface area contributed by atoms with Gasteiger partial charge in [-0.05, 0) is 45.6 Å². The van der Waals surface area contributed by atoms with Gasteiger partial charge in [0.15, 0.2) is 0 Å². The molecule has 0 amide bonds. The molecule has 3 nitrogen and oxygen atoms in total. The van der Waals surface area contributed by atoms with E-state index in [0.29, 0.717) is 10.8 Å². The Balaban J connectivity index is 3.08. The number of hydrogen-bond donors (Lipinski definition) is 1. The second-order valence-electron chi connectivity index (χ2n) is 4.84. The molecule has 0 aliphatic heterocycles. The van der Waals surface area contributed by atoms with Crippen LogP contribution in [0.3, 0.4) is 0 Å². The summed E-state index contributed by atoms with van der Waals surface area (Å²) < 4.78 is 5.15. The number of likely N-dealkylation sites (N-methyl/N-ethyl adjacent to an activating group) is 1. The smallest absolute Gasteiger partial charge is 0.137 e. The van der Waals surface area contributed by atoms with E-state index in [1.807, 2.05) is 38.9 Å². The van der Waals surface area contributed by atoms with E-state index in [-0.39, 0.29) is 5.54 Å². The second-order valence-corrected chi connectivity index (χ2v) is 5.25. The predicted molar refractivity (Wildman–Crippen MR) is 70.7 cm³/mol. The third-order valence-electron chi connectivity index (χ3n) is 3.31. The Labute approximate surface area is 108 Å². The lowest BCUT2D eigenvalue weighted by molar-refractivity contribution is 0.0163. The molecule has 0 aliphatic carbocycles. The lowest BCUT2D eigenvalue weighted by Crippen LogP contribution is -2.43. The van der Waals surface area contributed by atoms with E-state index in [2.05, 4.69) is 0 Å². The van der Waals surface area contributed by atoms with Crippen LogP contribution in [0.15, 0.2) is 18.2 Å². The Bertz CT molecular complexity index is 391. The van der Waals surface area contributed by atoms with E-state index in [0.717, 1.165) is 5.56 Å². The second kappa shape index (κ2) is 5.25. The zero-order valence-corrected chi connectivity index (χ0v) is 11.7. The summed E-state index contributed by atoms with van der Waals surface area (Å²) in [5.74, 6) is 0.581. The first-order chi connectivity index (χ1) is 7.80. The number of halogens is 1. The number of methoxy groups -OCH3 is 1. The lowest BCUT2D eigenvalue weighted by atomic mass is 9.90. The van der Waals surface area contributed by atoms with Gasteiger partial charge in [-0.25, -0.2) is 0 Å². The number of ether oxygens (including phenoxy) is 1. The molecule has 17 heavy (non-hydrogen) atoms. The first-order valence-corrected chi connectivity index (χ1v) is 5.87. The Morgan fingerprint density at radius 1 is 1.35 bits per heavy atom. The van der Waals surface area contributed by atoms with Crippen LogP contribution in [0.4, 0.5) is 0 Å². The summed E-state index contributed by atoms with van der Waals surface area (Å²) in [6.45, 7) is 3.97. The van der Waals surface area contributed by atoms with Gasteiger partial charge < -0.3 is 14.7 Å². The molecule has 96 valence electrons. The van der Waals surface area contributed by atoms with Crippen molar-refractivity contribution in [2.45, 2.75) is 25.5 Å². The Morgan fingerprint density at radius 3 is 2.41 bits per heavy atom. The molecule has 0 spiro atoms. The number of aliphatic hydroxyl groups excluding tert-OH is 1. The molecular weight excluding hydrogens is 238 g/mol. The van der Waals surface area contributed by atoms with E-state index < -0.39 is 6.10 Å². The van der Waals surface area contributed by atoms with Crippen molar-refractivity contribution in [1.82, 2.24) is 4.90 Å². The first kappa shape index (κ1) is 14.3. The lowest BCUT2D eigenvalue weighted by Gasteiger charge is -2.37. The largest absolute Gasteiger partial charge is 0.495 e. The summed E-state index contributed by atoms with van der Waals surface area (Å²) in [5, 5.41) is 10.9. The van der Waals surface area contributed by atoms with Crippen molar-refractivity contribution in [2.24, 2.45) is 0 Å². The molecule has 1 aromatic rings. The fourth-order valence-corrected chi connectivity index (χ4v) is 1.69. The number of benzene rings is 1. The Hall–Kier alpha value is -0.770. The van der Waals surface area contributed by atoms with Crippen molar-refractivity contribution in [3.63, 3.8) is 0 Å². The van der Waals surface area contributed by atoms with Gasteiger partial charge in [0.05, 0.1) is 18.2 Å². The maximum Gasteiger partial charge on any atom is 0.137 e. The Morgan fingerprint density at radius 2 is 1.94 bits per heavy atom. The summed E-state index contributed by atoms with van der Waals surface area (Å²) in [6.07, 6.45) is -0.608. The van der Waals surface area contributed by atoms with Gasteiger partial charge in [0.1, 0.15) is 5.75 Å². The van der Waals surface area contributed by atoms with Crippen LogP contribution in [-0.4, -0.2) is 36.8 Å². The number of rotatable bonds is 4. The number of hydrogen-bond acceptors (Lipinski definition) is 3. The average molecular weight is 258 g/mol. The summed E-state index contributed by atoms with van der Waals surface area (Å²) in [7, 11) is 5.45. The van der Waals surface area contributed by atoms with Crippen LogP contribution in [0.25, 0.3) is 0 Å². The van der Waals surface area contributed by atoms with Gasteiger partial charge in [-0.3, -0.25) is 0 Å². The molecular formula is C13H20ClNO2. The summed E-state index contributed by atoms with van der Waals surface area (Å²) in [5.41, 5.74) is 0.434. The summed E-state index contributed by atoms with van der Waals surface area (Å²) >= 11 is 5.96. The van der Waals surface area contributed by atoms with Crippen molar-refractivity contribution >= 4 is 11.6 Å². The molecule has 0 saturated heterocycles. The SMILES string of the molecule is COc1cc(C(O)C(C)(C)N(C)C)ccc1Cl. The van der Waals surface area contributed by atoms with Crippen molar-refractivity contribution in [1.29, 1.82) is 0 Å². The zero-order valence-electron chi connectivity index (χ0n) is 11.0. The van der Waals surface area contributed by atoms with Gasteiger partial charge in [-0.15, -0.1) is 0 Å². The number of nitrogens with zero attached hydrogens (tertiary/aromatic N) is 1. The molecule has 0 bridgehead atoms. The third-order valence-corrected chi connectivity index (χ3v) is 3.62. The van der Waals surface area contributed by atoms with Crippen molar-refractivity contribution in [3.8, 4) is 5.75 Å². The molecule has 0 radical (unpaired) electrons. The topological polar surface area (TPSA) is 32.7 Å². The van der Waals surface area contributed by atoms with Gasteiger partial charge in [0.2, 0.25) is 0 Å². The summed E-state index contributed by atoms with van der Waals surface area (Å²) in [6, 6.07) is 5.34. The minimum Gasteiger partial charge on any atom is -0.495 e. The van der Waals surface area contributed by atoms with Crippen molar-refractivity contribution in [2.75, 3.05) is 21.2 Å².